The van der Waals surface area contributed by atoms with Crippen molar-refractivity contribution < 1.29 is 9.59 Å². The third-order valence-electron chi connectivity index (χ3n) is 3.55. The third kappa shape index (κ3) is 4.70. The van der Waals surface area contributed by atoms with Crippen LogP contribution in [0.15, 0.2) is 18.6 Å². The first kappa shape index (κ1) is 15.2. The van der Waals surface area contributed by atoms with Gasteiger partial charge in [0.25, 0.3) is 0 Å². The van der Waals surface area contributed by atoms with E-state index in [1.807, 2.05) is 6.07 Å². The Hall–Kier alpha value is -2.18. The summed E-state index contributed by atoms with van der Waals surface area (Å²) in [6, 6.07) is 1.88. The molecule has 0 saturated carbocycles. The van der Waals surface area contributed by atoms with E-state index in [2.05, 4.69) is 25.5 Å². The summed E-state index contributed by atoms with van der Waals surface area (Å²) >= 11 is 0. The van der Waals surface area contributed by atoms with E-state index in [0.29, 0.717) is 13.1 Å². The standard InChI is InChI=1S/C14H21N5O2/c1-11(20)16-6-7-17-14(21)12-3-8-19(9-4-12)13-2-5-15-10-18-13/h2,5,10,12H,3-4,6-9H2,1H3,(H,16,20)(H,17,21). The molecule has 0 aromatic carbocycles. The van der Waals surface area contributed by atoms with Crippen LogP contribution in [-0.4, -0.2) is 48.0 Å². The number of hydrogen-bond acceptors (Lipinski definition) is 5. The molecule has 1 saturated heterocycles. The maximum absolute atomic E-state index is 12.0. The largest absolute Gasteiger partial charge is 0.356 e. The van der Waals surface area contributed by atoms with Crippen LogP contribution in [0.2, 0.25) is 0 Å². The highest BCUT2D eigenvalue weighted by molar-refractivity contribution is 5.79. The van der Waals surface area contributed by atoms with E-state index in [1.165, 1.54) is 13.3 Å². The first-order valence-electron chi connectivity index (χ1n) is 7.20. The molecule has 1 aromatic rings. The summed E-state index contributed by atoms with van der Waals surface area (Å²) < 4.78 is 0. The molecule has 0 atom stereocenters. The number of aromatic nitrogens is 2. The number of piperidine rings is 1. The molecule has 2 heterocycles. The molecule has 1 aromatic heterocycles. The lowest BCUT2D eigenvalue weighted by Crippen LogP contribution is -2.42. The smallest absolute Gasteiger partial charge is 0.223 e. The molecule has 2 amide bonds. The summed E-state index contributed by atoms with van der Waals surface area (Å²) in [7, 11) is 0. The molecular weight excluding hydrogens is 270 g/mol. The average molecular weight is 291 g/mol. The fourth-order valence-corrected chi connectivity index (χ4v) is 2.41. The van der Waals surface area contributed by atoms with E-state index in [0.717, 1.165) is 31.7 Å². The Morgan fingerprint density at radius 2 is 2.00 bits per heavy atom. The number of rotatable bonds is 5. The van der Waals surface area contributed by atoms with Crippen molar-refractivity contribution in [1.29, 1.82) is 0 Å². The SMILES string of the molecule is CC(=O)NCCNC(=O)C1CCN(c2ccncn2)CC1. The van der Waals surface area contributed by atoms with E-state index in [9.17, 15) is 9.59 Å². The molecule has 1 fully saturated rings. The fraction of sp³-hybridized carbons (Fsp3) is 0.571. The Morgan fingerprint density at radius 3 is 2.62 bits per heavy atom. The van der Waals surface area contributed by atoms with Crippen molar-refractivity contribution in [1.82, 2.24) is 20.6 Å². The van der Waals surface area contributed by atoms with Gasteiger partial charge in [-0.1, -0.05) is 0 Å². The van der Waals surface area contributed by atoms with Crippen molar-refractivity contribution in [3.05, 3.63) is 18.6 Å². The highest BCUT2D eigenvalue weighted by Gasteiger charge is 2.25. The minimum Gasteiger partial charge on any atom is -0.356 e. The second-order valence-electron chi connectivity index (χ2n) is 5.10. The summed E-state index contributed by atoms with van der Waals surface area (Å²) in [6.45, 7) is 4.05. The van der Waals surface area contributed by atoms with Crippen LogP contribution in [0.1, 0.15) is 19.8 Å². The molecule has 1 aliphatic rings. The van der Waals surface area contributed by atoms with Crippen LogP contribution in [0.25, 0.3) is 0 Å². The molecular formula is C14H21N5O2. The molecule has 7 nitrogen and oxygen atoms in total. The highest BCUT2D eigenvalue weighted by Crippen LogP contribution is 2.21. The van der Waals surface area contributed by atoms with Gasteiger partial charge < -0.3 is 15.5 Å². The normalized spacial score (nSPS) is 15.6. The van der Waals surface area contributed by atoms with E-state index in [4.69, 9.17) is 0 Å². The molecule has 2 rings (SSSR count). The minimum atomic E-state index is -0.0811. The predicted molar refractivity (Wildman–Crippen MR) is 78.7 cm³/mol. The van der Waals surface area contributed by atoms with Crippen molar-refractivity contribution in [2.24, 2.45) is 5.92 Å². The molecule has 1 aliphatic heterocycles. The summed E-state index contributed by atoms with van der Waals surface area (Å²) in [5.41, 5.74) is 0. The van der Waals surface area contributed by atoms with Gasteiger partial charge in [0.15, 0.2) is 0 Å². The van der Waals surface area contributed by atoms with Gasteiger partial charge in [0.2, 0.25) is 11.8 Å². The van der Waals surface area contributed by atoms with Crippen LogP contribution in [0.3, 0.4) is 0 Å². The number of carbonyl (C=O) groups excluding carboxylic acids is 2. The van der Waals surface area contributed by atoms with Gasteiger partial charge in [-0.15, -0.1) is 0 Å². The fourth-order valence-electron chi connectivity index (χ4n) is 2.41. The van der Waals surface area contributed by atoms with Crippen LogP contribution in [0.4, 0.5) is 5.82 Å². The van der Waals surface area contributed by atoms with Crippen LogP contribution in [0, 0.1) is 5.92 Å². The van der Waals surface area contributed by atoms with Crippen LogP contribution in [-0.2, 0) is 9.59 Å². The topological polar surface area (TPSA) is 87.2 Å². The number of nitrogens with one attached hydrogen (secondary N) is 2. The monoisotopic (exact) mass is 291 g/mol. The van der Waals surface area contributed by atoms with Crippen molar-refractivity contribution in [3.63, 3.8) is 0 Å². The predicted octanol–water partition coefficient (Wildman–Crippen LogP) is -0.0547. The lowest BCUT2D eigenvalue weighted by molar-refractivity contribution is -0.126. The zero-order valence-corrected chi connectivity index (χ0v) is 12.2. The molecule has 0 aliphatic carbocycles. The number of nitrogens with zero attached hydrogens (tertiary/aromatic N) is 3. The quantitative estimate of drug-likeness (QED) is 0.743. The lowest BCUT2D eigenvalue weighted by atomic mass is 9.96. The van der Waals surface area contributed by atoms with Gasteiger partial charge in [0, 0.05) is 45.2 Å². The van der Waals surface area contributed by atoms with E-state index in [-0.39, 0.29) is 17.7 Å². The zero-order valence-electron chi connectivity index (χ0n) is 12.2. The van der Waals surface area contributed by atoms with Gasteiger partial charge >= 0.3 is 0 Å². The first-order chi connectivity index (χ1) is 10.2. The molecule has 21 heavy (non-hydrogen) atoms. The zero-order chi connectivity index (χ0) is 15.1. The van der Waals surface area contributed by atoms with E-state index in [1.54, 1.807) is 6.20 Å². The van der Waals surface area contributed by atoms with Crippen molar-refractivity contribution >= 4 is 17.6 Å². The molecule has 114 valence electrons. The van der Waals surface area contributed by atoms with Crippen LogP contribution in [0.5, 0.6) is 0 Å². The Balaban J connectivity index is 1.71. The Bertz CT molecular complexity index is 472. The summed E-state index contributed by atoms with van der Waals surface area (Å²) in [6.07, 6.45) is 4.89. The second kappa shape index (κ2) is 7.56. The van der Waals surface area contributed by atoms with Gasteiger partial charge in [0.05, 0.1) is 0 Å². The van der Waals surface area contributed by atoms with Crippen LogP contribution >= 0.6 is 0 Å². The Labute approximate surface area is 124 Å². The molecule has 0 bridgehead atoms. The van der Waals surface area contributed by atoms with E-state index >= 15 is 0 Å². The number of anilines is 1. The number of hydrogen-bond donors (Lipinski definition) is 2. The van der Waals surface area contributed by atoms with Crippen molar-refractivity contribution in [3.8, 4) is 0 Å². The molecule has 0 radical (unpaired) electrons. The average Bonchev–Trinajstić information content (AvgIpc) is 2.52. The van der Waals surface area contributed by atoms with Gasteiger partial charge in [-0.25, -0.2) is 9.97 Å². The van der Waals surface area contributed by atoms with Gasteiger partial charge in [-0.2, -0.15) is 0 Å². The second-order valence-corrected chi connectivity index (χ2v) is 5.10. The minimum absolute atomic E-state index is 0.0421. The summed E-state index contributed by atoms with van der Waals surface area (Å²) in [4.78, 5) is 33.0. The molecule has 0 spiro atoms. The Morgan fingerprint density at radius 1 is 1.29 bits per heavy atom. The first-order valence-corrected chi connectivity index (χ1v) is 7.20. The van der Waals surface area contributed by atoms with Gasteiger partial charge in [-0.05, 0) is 18.9 Å². The maximum Gasteiger partial charge on any atom is 0.223 e. The summed E-state index contributed by atoms with van der Waals surface area (Å²) in [5.74, 6) is 0.944. The van der Waals surface area contributed by atoms with Crippen LogP contribution < -0.4 is 15.5 Å². The molecule has 0 unspecified atom stereocenters. The lowest BCUT2D eigenvalue weighted by Gasteiger charge is -2.32. The molecule has 2 N–H and O–H groups in total. The van der Waals surface area contributed by atoms with Gasteiger partial charge in [-0.3, -0.25) is 9.59 Å². The van der Waals surface area contributed by atoms with Crippen molar-refractivity contribution in [2.75, 3.05) is 31.1 Å². The number of carbonyl (C=O) groups is 2. The van der Waals surface area contributed by atoms with E-state index < -0.39 is 0 Å². The Kier molecular flexibility index (Phi) is 5.48. The highest BCUT2D eigenvalue weighted by atomic mass is 16.2. The summed E-state index contributed by atoms with van der Waals surface area (Å²) in [5, 5.41) is 5.52. The number of amides is 2. The molecule has 7 heteroatoms. The third-order valence-corrected chi connectivity index (χ3v) is 3.55. The van der Waals surface area contributed by atoms with Gasteiger partial charge in [0.1, 0.15) is 12.1 Å². The maximum atomic E-state index is 12.0. The van der Waals surface area contributed by atoms with Crippen molar-refractivity contribution in [2.45, 2.75) is 19.8 Å².